The van der Waals surface area contributed by atoms with Gasteiger partial charge in [-0.05, 0) is 6.07 Å². The summed E-state index contributed by atoms with van der Waals surface area (Å²) >= 11 is 11.3. The summed E-state index contributed by atoms with van der Waals surface area (Å²) in [7, 11) is 0. The molecule has 6 nitrogen and oxygen atoms in total. The van der Waals surface area contributed by atoms with Gasteiger partial charge in [0.1, 0.15) is 34.3 Å². The van der Waals surface area contributed by atoms with Gasteiger partial charge in [0.2, 0.25) is 0 Å². The lowest BCUT2D eigenvalue weighted by Gasteiger charge is -1.89. The lowest BCUT2D eigenvalue weighted by Crippen LogP contribution is -3.00. The second-order valence-corrected chi connectivity index (χ2v) is 4.65. The van der Waals surface area contributed by atoms with E-state index in [-0.39, 0.29) is 15.2 Å². The molecule has 22 heavy (non-hydrogen) atoms. The van der Waals surface area contributed by atoms with E-state index in [1.807, 2.05) is 6.07 Å². The predicted octanol–water partition coefficient (Wildman–Crippen LogP) is 0.366. The maximum absolute atomic E-state index is 12.8. The molecule has 0 fully saturated rings. The zero-order chi connectivity index (χ0) is 14.8. The van der Waals surface area contributed by atoms with Crippen molar-refractivity contribution in [2.24, 2.45) is 0 Å². The Bertz CT molecular complexity index is 907. The fourth-order valence-electron chi connectivity index (χ4n) is 1.73. The molecule has 4 rings (SSSR count). The molecule has 4 aromatic heterocycles. The third-order valence-corrected chi connectivity index (χ3v) is 3.27. The minimum atomic E-state index is -0.425. The number of rotatable bonds is 0. The summed E-state index contributed by atoms with van der Waals surface area (Å²) in [6.45, 7) is 0. The van der Waals surface area contributed by atoms with Crippen molar-refractivity contribution in [2.75, 3.05) is 0 Å². The van der Waals surface area contributed by atoms with E-state index in [0.29, 0.717) is 10.8 Å². The van der Waals surface area contributed by atoms with Crippen molar-refractivity contribution < 1.29 is 9.09 Å². The van der Waals surface area contributed by atoms with Crippen molar-refractivity contribution >= 4 is 45.3 Å². The largest absolute Gasteiger partial charge is 1.00 e. The molecule has 0 radical (unpaired) electrons. The molecule has 0 aliphatic heterocycles. The number of aromatic nitrogens is 6. The van der Waals surface area contributed by atoms with E-state index >= 15 is 0 Å². The Morgan fingerprint density at radius 3 is 2.27 bits per heavy atom. The van der Waals surface area contributed by atoms with E-state index < -0.39 is 5.82 Å². The summed E-state index contributed by atoms with van der Waals surface area (Å²) in [5.41, 5.74) is 1.20. The highest BCUT2D eigenvalue weighted by Crippen LogP contribution is 2.20. The Hall–Kier alpha value is -2.32. The minimum absolute atomic E-state index is 0. The molecule has 0 saturated carbocycles. The molecule has 4 heterocycles. The lowest BCUT2D eigenvalue weighted by atomic mass is 10.4. The zero-order valence-corrected chi connectivity index (χ0v) is 12.2. The Morgan fingerprint density at radius 1 is 0.909 bits per heavy atom. The summed E-state index contributed by atoms with van der Waals surface area (Å²) in [6.07, 6.45) is 5.69. The van der Waals surface area contributed by atoms with Gasteiger partial charge in [-0.25, -0.2) is 24.3 Å². The van der Waals surface area contributed by atoms with Crippen molar-refractivity contribution in [3.63, 3.8) is 0 Å². The van der Waals surface area contributed by atoms with Gasteiger partial charge in [0.05, 0.1) is 10.8 Å². The van der Waals surface area contributed by atoms with E-state index in [0.717, 1.165) is 11.0 Å². The van der Waals surface area contributed by atoms with Crippen LogP contribution in [-0.2, 0) is 0 Å². The van der Waals surface area contributed by atoms with E-state index in [2.05, 4.69) is 29.9 Å². The van der Waals surface area contributed by atoms with E-state index in [9.17, 15) is 4.39 Å². The zero-order valence-electron chi connectivity index (χ0n) is 10.7. The van der Waals surface area contributed by atoms with E-state index in [4.69, 9.17) is 23.2 Å². The smallest absolute Gasteiger partial charge is 0.153 e. The minimum Gasteiger partial charge on any atom is -1.00 e. The monoisotopic (exact) mass is 343 g/mol. The molecular formula is C12H7Cl2F2N6-. The van der Waals surface area contributed by atoms with Gasteiger partial charge in [-0.2, -0.15) is 0 Å². The molecule has 0 aliphatic carbocycles. The molecule has 0 aliphatic rings. The average Bonchev–Trinajstić information content (AvgIpc) is 3.08. The fraction of sp³-hybridized carbons (Fsp3) is 0. The summed E-state index contributed by atoms with van der Waals surface area (Å²) in [4.78, 5) is 20.7. The predicted molar refractivity (Wildman–Crippen MR) is 77.8 cm³/mol. The van der Waals surface area contributed by atoms with Crippen LogP contribution in [0.5, 0.6) is 0 Å². The molecule has 0 bridgehead atoms. The van der Waals surface area contributed by atoms with Crippen LogP contribution in [0.1, 0.15) is 0 Å². The van der Waals surface area contributed by atoms with E-state index in [1.54, 1.807) is 6.20 Å². The SMILES string of the molecule is Clc1ncnc2[nH]ccc12.Fc1c[nH]c2ncnc(Cl)c12.[F-]. The number of nitrogens with one attached hydrogen (secondary N) is 2. The van der Waals surface area contributed by atoms with E-state index in [1.165, 1.54) is 18.9 Å². The van der Waals surface area contributed by atoms with Gasteiger partial charge in [-0.3, -0.25) is 0 Å². The van der Waals surface area contributed by atoms with Crippen molar-refractivity contribution in [3.8, 4) is 0 Å². The van der Waals surface area contributed by atoms with Crippen molar-refractivity contribution in [2.45, 2.75) is 0 Å². The summed E-state index contributed by atoms with van der Waals surface area (Å²) in [5.74, 6) is -0.425. The first kappa shape index (κ1) is 16.1. The highest BCUT2D eigenvalue weighted by atomic mass is 35.5. The second-order valence-electron chi connectivity index (χ2n) is 3.93. The fourth-order valence-corrected chi connectivity index (χ4v) is 2.15. The number of fused-ring (bicyclic) bond motifs is 2. The van der Waals surface area contributed by atoms with Crippen molar-refractivity contribution in [1.29, 1.82) is 0 Å². The molecule has 0 spiro atoms. The number of aromatic amines is 2. The third-order valence-electron chi connectivity index (χ3n) is 2.68. The van der Waals surface area contributed by atoms with Gasteiger partial charge in [0, 0.05) is 12.4 Å². The summed E-state index contributed by atoms with van der Waals surface area (Å²) in [5, 5.41) is 1.73. The van der Waals surface area contributed by atoms with Gasteiger partial charge >= 0.3 is 0 Å². The molecule has 0 aromatic carbocycles. The standard InChI is InChI=1S/C6H3ClFN3.C6H4ClN3.FH/c7-5-4-3(8)1-9-6(4)11-2-10-5;7-5-4-1-2-8-6(4)10-3-9-5;/h1-2H,(H,9,10,11);1-3H,(H,8,9,10);1H/p-1. The Labute approximate surface area is 132 Å². The normalized spacial score (nSPS) is 10.1. The molecule has 0 amide bonds. The molecule has 0 saturated heterocycles. The number of H-pyrrole nitrogens is 2. The Morgan fingerprint density at radius 2 is 1.59 bits per heavy atom. The van der Waals surface area contributed by atoms with Crippen molar-refractivity contribution in [3.05, 3.63) is 47.2 Å². The second kappa shape index (κ2) is 6.63. The number of halogens is 4. The van der Waals surface area contributed by atoms with Gasteiger partial charge < -0.3 is 14.7 Å². The van der Waals surface area contributed by atoms with Crippen LogP contribution in [0.3, 0.4) is 0 Å². The van der Waals surface area contributed by atoms with Crippen LogP contribution in [0.15, 0.2) is 31.1 Å². The number of hydrogen-bond acceptors (Lipinski definition) is 4. The number of hydrogen-bond donors (Lipinski definition) is 2. The van der Waals surface area contributed by atoms with Crippen LogP contribution in [-0.4, -0.2) is 29.9 Å². The molecule has 10 heteroatoms. The maximum atomic E-state index is 12.8. The number of nitrogens with zero attached hydrogens (tertiary/aromatic N) is 4. The Balaban J connectivity index is 0.000000154. The summed E-state index contributed by atoms with van der Waals surface area (Å²) < 4.78 is 12.8. The van der Waals surface area contributed by atoms with Gasteiger partial charge in [-0.1, -0.05) is 23.2 Å². The van der Waals surface area contributed by atoms with Crippen LogP contribution in [0.4, 0.5) is 4.39 Å². The summed E-state index contributed by atoms with van der Waals surface area (Å²) in [6, 6.07) is 1.84. The lowest BCUT2D eigenvalue weighted by molar-refractivity contribution is -0.00000497. The van der Waals surface area contributed by atoms with Crippen LogP contribution < -0.4 is 4.70 Å². The first-order valence-electron chi connectivity index (χ1n) is 5.73. The first-order chi connectivity index (χ1) is 10.2. The molecular weight excluding hydrogens is 337 g/mol. The molecule has 2 N–H and O–H groups in total. The first-order valence-corrected chi connectivity index (χ1v) is 6.49. The van der Waals surface area contributed by atoms with Crippen LogP contribution in [0.25, 0.3) is 22.1 Å². The highest BCUT2D eigenvalue weighted by molar-refractivity contribution is 6.34. The van der Waals surface area contributed by atoms with Crippen LogP contribution in [0.2, 0.25) is 10.3 Å². The maximum Gasteiger partial charge on any atom is 0.153 e. The molecule has 4 aromatic rings. The topological polar surface area (TPSA) is 83.1 Å². The third kappa shape index (κ3) is 2.97. The van der Waals surface area contributed by atoms with Crippen LogP contribution >= 0.6 is 23.2 Å². The van der Waals surface area contributed by atoms with Crippen molar-refractivity contribution in [1.82, 2.24) is 29.9 Å². The Kier molecular flexibility index (Phi) is 4.84. The molecule has 0 unspecified atom stereocenters. The highest BCUT2D eigenvalue weighted by Gasteiger charge is 2.07. The quantitative estimate of drug-likeness (QED) is 0.452. The van der Waals surface area contributed by atoms with Crippen LogP contribution in [0, 0.1) is 5.82 Å². The van der Waals surface area contributed by atoms with Gasteiger partial charge in [-0.15, -0.1) is 0 Å². The average molecular weight is 344 g/mol. The van der Waals surface area contributed by atoms with Gasteiger partial charge in [0.25, 0.3) is 0 Å². The molecule has 0 atom stereocenters. The van der Waals surface area contributed by atoms with Gasteiger partial charge in [0.15, 0.2) is 5.82 Å². The molecule has 114 valence electrons.